The van der Waals surface area contributed by atoms with Gasteiger partial charge < -0.3 is 138 Å². The Bertz CT molecular complexity index is 4770. The zero-order chi connectivity index (χ0) is 84.0. The van der Waals surface area contributed by atoms with Crippen LogP contribution in [0.25, 0.3) is 11.1 Å². The Labute approximate surface area is 671 Å². The maximum absolute atomic E-state index is 16.3. The van der Waals surface area contributed by atoms with E-state index in [9.17, 15) is 70.2 Å². The Balaban J connectivity index is 1.14. The maximum atomic E-state index is 16.3. The van der Waals surface area contributed by atoms with E-state index in [0.29, 0.717) is 11.4 Å². The molecule has 2 fully saturated rings. The fourth-order valence-electron chi connectivity index (χ4n) is 14.1. The molecule has 36 nitrogen and oxygen atoms in total. The van der Waals surface area contributed by atoms with Crippen molar-refractivity contribution in [2.24, 2.45) is 11.7 Å². The van der Waals surface area contributed by atoms with Gasteiger partial charge in [-0.15, -0.1) is 0 Å². The number of nitrogens with one attached hydrogen (secondary N) is 9. The van der Waals surface area contributed by atoms with Gasteiger partial charge in [0.1, 0.15) is 114 Å². The van der Waals surface area contributed by atoms with Gasteiger partial charge in [-0.05, 0) is 140 Å². The van der Waals surface area contributed by atoms with E-state index in [4.69, 9.17) is 62.1 Å². The van der Waals surface area contributed by atoms with Crippen LogP contribution in [0, 0.1) is 5.92 Å². The largest absolute Gasteiger partial charge is 0.508 e. The molecule has 0 radical (unpaired) electrons. The molecule has 0 aromatic heterocycles. The second-order valence-corrected chi connectivity index (χ2v) is 29.8. The average molecular weight is 1650 g/mol. The van der Waals surface area contributed by atoms with Crippen molar-refractivity contribution in [1.82, 2.24) is 42.5 Å². The molecule has 6 aromatic rings. The Hall–Kier alpha value is -11.1. The number of phenols is 3. The first kappa shape index (κ1) is 85.7. The Morgan fingerprint density at radius 1 is 0.716 bits per heavy atom. The number of primary amides is 1. The van der Waals surface area contributed by atoms with Crippen LogP contribution in [0.2, 0.25) is 10.0 Å². The predicted molar refractivity (Wildman–Crippen MR) is 408 cm³/mol. The first-order chi connectivity index (χ1) is 55.1. The number of hydrogen-bond donors (Lipinski definition) is 20. The normalized spacial score (nSPS) is 27.1. The number of carboxylic acids is 1. The number of aliphatic carboxylic acids is 1. The van der Waals surface area contributed by atoms with E-state index in [1.807, 2.05) is 13.8 Å². The number of carbonyl (C=O) groups excluding carboxylic acids is 8. The summed E-state index contributed by atoms with van der Waals surface area (Å²) in [7, 11) is 1.49. The van der Waals surface area contributed by atoms with Crippen LogP contribution in [0.1, 0.15) is 112 Å². The van der Waals surface area contributed by atoms with E-state index >= 15 is 24.0 Å². The number of aliphatic hydroxyl groups is 6. The molecule has 38 heteroatoms. The van der Waals surface area contributed by atoms with Crippen molar-refractivity contribution in [3.05, 3.63) is 153 Å². The van der Waals surface area contributed by atoms with Crippen molar-refractivity contribution in [2.45, 2.75) is 163 Å². The maximum Gasteiger partial charge on any atom is 0.322 e. The number of nitrogens with two attached hydrogens (primary N) is 1. The minimum absolute atomic E-state index is 0.136. The van der Waals surface area contributed by atoms with Crippen LogP contribution < -0.4 is 72.5 Å². The SMILES string of the molecule is C/C=C/CN[C@H](CC(C)C)C(=O)N[C@H]1C(=O)N[C@@H](CC(N)=O)C(=O)N[C@H]2C(=O)N[C@H]3C(=O)N[C@H](C(=O)N[C@H](C(=O)NCC(=O)O)c4cc(O)cc(O)c4-c4cc3ccc4O)[C@H](O)c3ccc(c(Cl)c3)Oc3cc2cc(c3O[C@@H]2O[C@@H](CO)[C@@H](O)[C@H](O)[C@@H]2O[C@H]2C[C@](C)(Nc3ccc(OC)cc3)[C@H](O)[C@H](C)O2)Oc2ccc(cc2Cl)[C@H]1O. The second-order valence-electron chi connectivity index (χ2n) is 28.9. The molecule has 7 heterocycles. The van der Waals surface area contributed by atoms with Gasteiger partial charge in [0, 0.05) is 35.8 Å². The van der Waals surface area contributed by atoms with Gasteiger partial charge in [-0.3, -0.25) is 43.2 Å². The van der Waals surface area contributed by atoms with Gasteiger partial charge in [0.2, 0.25) is 59.3 Å². The van der Waals surface area contributed by atoms with Crippen LogP contribution in [0.5, 0.6) is 51.7 Å². The summed E-state index contributed by atoms with van der Waals surface area (Å²) in [5.74, 6) is -16.9. The fraction of sp³-hybridized carbons (Fsp3) is 0.397. The van der Waals surface area contributed by atoms with Crippen LogP contribution in [0.4, 0.5) is 5.69 Å². The van der Waals surface area contributed by atoms with Crippen molar-refractivity contribution in [1.29, 1.82) is 0 Å². The van der Waals surface area contributed by atoms with E-state index in [1.54, 1.807) is 57.2 Å². The first-order valence-electron chi connectivity index (χ1n) is 36.6. The highest BCUT2D eigenvalue weighted by molar-refractivity contribution is 6.32. The number of aromatic hydroxyl groups is 3. The van der Waals surface area contributed by atoms with Gasteiger partial charge in [-0.2, -0.15) is 0 Å². The summed E-state index contributed by atoms with van der Waals surface area (Å²) in [5.41, 5.74) is 2.11. The molecule has 0 aliphatic carbocycles. The number of carboxylic acid groups (broad SMARTS) is 1. The quantitative estimate of drug-likeness (QED) is 0.0488. The number of anilines is 1. The summed E-state index contributed by atoms with van der Waals surface area (Å²) in [6.45, 7) is 6.72. The summed E-state index contributed by atoms with van der Waals surface area (Å²) in [4.78, 5) is 132. The lowest BCUT2D eigenvalue weighted by Gasteiger charge is -2.48. The molecule has 0 saturated carbocycles. The smallest absolute Gasteiger partial charge is 0.322 e. The molecule has 6 aromatic carbocycles. The van der Waals surface area contributed by atoms with Crippen LogP contribution >= 0.6 is 23.2 Å². The molecule has 18 atom stereocenters. The molecule has 13 rings (SSSR count). The van der Waals surface area contributed by atoms with Gasteiger partial charge in [0.15, 0.2) is 23.9 Å². The van der Waals surface area contributed by atoms with Crippen LogP contribution in [-0.2, 0) is 57.4 Å². The standard InChI is InChI=1S/C78H88Cl2N10O26/c1-7-8-19-82-45(20-32(2)3)70(103)88-61-63(98)35-10-17-49(43(79)22-35)112-51-24-37-25-52(67(51)116-77-68(66(101)65(100)53(31-91)114-77)115-56-29-78(5,69(102)33(4)111-56)90-38-12-14-40(110-6)15-13-38)113-50-18-11-36(23-44(50)80)64(99)62-76(109)87-60(72(105)83-30-55(96)97)42-26-39(92)27-48(94)57(42)41-21-34(9-16-47(41)93)58(73(106)89-62)86-74(107)59(37)85-71(104)46(28-54(81)95)84-75(61)108/h7-18,21-27,32-33,45-46,53,56,58-66,68-69,77,82,90-94,98-102H,19-20,28-31H2,1-6H3,(H2,81,95)(H,83,105)(H,84,108)(H,85,104)(H,86,107)(H,87,109)(H,88,103)(H,89,106)(H,96,97)/b8-7+/t33-,45+,46-,53-,56-,58+,59+,60-,61+,62-,63+,64+,65+,66-,68-,69+,77-,78-/m0/s1. The number of phenolic OH excluding ortho intramolecular Hbond substituents is 3. The number of hydrogen-bond acceptors (Lipinski definition) is 27. The fourth-order valence-corrected chi connectivity index (χ4v) is 14.6. The highest BCUT2D eigenvalue weighted by Gasteiger charge is 2.52. The number of rotatable bonds is 20. The predicted octanol–water partition coefficient (Wildman–Crippen LogP) is 2.33. The summed E-state index contributed by atoms with van der Waals surface area (Å²) < 4.78 is 44.7. The molecule has 620 valence electrons. The van der Waals surface area contributed by atoms with Gasteiger partial charge >= 0.3 is 5.97 Å². The van der Waals surface area contributed by atoms with Crippen LogP contribution in [0.15, 0.2) is 115 Å². The molecule has 21 N–H and O–H groups in total. The number of methoxy groups -OCH3 is 1. The summed E-state index contributed by atoms with van der Waals surface area (Å²) in [6.07, 6.45) is -15.5. The number of halogens is 2. The third kappa shape index (κ3) is 19.2. The number of aliphatic hydroxyl groups excluding tert-OH is 6. The molecule has 7 aliphatic heterocycles. The van der Waals surface area contributed by atoms with E-state index in [-0.39, 0.29) is 52.8 Å². The highest BCUT2D eigenvalue weighted by Crippen LogP contribution is 2.50. The number of benzene rings is 6. The molecular formula is C78H88Cl2N10O26. The summed E-state index contributed by atoms with van der Waals surface area (Å²) >= 11 is 14.3. The molecule has 7 aliphatic rings. The molecule has 0 unspecified atom stereocenters. The second kappa shape index (κ2) is 36.4. The van der Waals surface area contributed by atoms with Gasteiger partial charge in [-0.25, -0.2) is 0 Å². The molecule has 8 amide bonds. The van der Waals surface area contributed by atoms with Crippen molar-refractivity contribution < 1.29 is 127 Å². The number of ether oxygens (including phenoxy) is 7. The molecule has 116 heavy (non-hydrogen) atoms. The zero-order valence-electron chi connectivity index (χ0n) is 62.9. The lowest BCUT2D eigenvalue weighted by Crippen LogP contribution is -2.64. The molecular weight excluding hydrogens is 1560 g/mol. The average Bonchev–Trinajstić information content (AvgIpc) is 0.768. The van der Waals surface area contributed by atoms with Gasteiger partial charge in [-0.1, -0.05) is 67.4 Å². The minimum atomic E-state index is -2.39. The Kier molecular flexibility index (Phi) is 26.9. The monoisotopic (exact) mass is 1650 g/mol. The van der Waals surface area contributed by atoms with E-state index in [1.165, 1.54) is 19.2 Å². The number of amides is 8. The summed E-state index contributed by atoms with van der Waals surface area (Å²) in [5, 5.41) is 138. The Morgan fingerprint density at radius 2 is 1.34 bits per heavy atom. The van der Waals surface area contributed by atoms with Crippen molar-refractivity contribution >= 4 is 82.1 Å². The highest BCUT2D eigenvalue weighted by atomic mass is 35.5. The number of allylic oxidation sites excluding steroid dienone is 1. The first-order valence-corrected chi connectivity index (χ1v) is 37.4. The molecule has 0 spiro atoms. The van der Waals surface area contributed by atoms with Crippen LogP contribution in [-0.4, -0.2) is 210 Å². The topological polar surface area (TPSA) is 555 Å². The van der Waals surface area contributed by atoms with Crippen molar-refractivity contribution in [3.8, 4) is 62.9 Å². The minimum Gasteiger partial charge on any atom is -0.508 e. The lowest BCUT2D eigenvalue weighted by atomic mass is 9.84. The van der Waals surface area contributed by atoms with Crippen molar-refractivity contribution in [2.75, 3.05) is 32.1 Å². The van der Waals surface area contributed by atoms with E-state index in [0.717, 1.165) is 66.7 Å². The van der Waals surface area contributed by atoms with Gasteiger partial charge in [0.05, 0.1) is 47.9 Å². The summed E-state index contributed by atoms with van der Waals surface area (Å²) in [6, 6.07) is 5.88. The van der Waals surface area contributed by atoms with E-state index in [2.05, 4.69) is 47.9 Å². The lowest BCUT2D eigenvalue weighted by molar-refractivity contribution is -0.332. The number of carbonyl (C=O) groups is 9. The molecule has 2 saturated heterocycles. The van der Waals surface area contributed by atoms with E-state index < -0.39 is 250 Å². The Morgan fingerprint density at radius 3 is 1.96 bits per heavy atom. The van der Waals surface area contributed by atoms with Crippen LogP contribution in [0.3, 0.4) is 0 Å². The molecule has 11 bridgehead atoms. The van der Waals surface area contributed by atoms with Gasteiger partial charge in [0.25, 0.3) is 0 Å². The van der Waals surface area contributed by atoms with Crippen molar-refractivity contribution in [3.63, 3.8) is 0 Å². The third-order valence-corrected chi connectivity index (χ3v) is 20.6. The number of fused-ring (bicyclic) bond motifs is 15. The zero-order valence-corrected chi connectivity index (χ0v) is 64.5. The third-order valence-electron chi connectivity index (χ3n) is 20.1.